The zero-order chi connectivity index (χ0) is 24.2. The van der Waals surface area contributed by atoms with Crippen LogP contribution in [0.4, 0.5) is 11.4 Å². The molecule has 2 N–H and O–H groups in total. The van der Waals surface area contributed by atoms with Crippen molar-refractivity contribution in [2.45, 2.75) is 6.92 Å². The van der Waals surface area contributed by atoms with Crippen molar-refractivity contribution < 1.29 is 19.1 Å². The number of rotatable bonds is 6. The number of nitrogens with zero attached hydrogens (tertiary/aromatic N) is 1. The van der Waals surface area contributed by atoms with Crippen molar-refractivity contribution in [2.24, 2.45) is 0 Å². The van der Waals surface area contributed by atoms with Crippen LogP contribution in [0.2, 0.25) is 10.0 Å². The molecule has 1 aliphatic heterocycles. The van der Waals surface area contributed by atoms with Crippen LogP contribution >= 0.6 is 23.2 Å². The normalized spacial score (nSPS) is 14.3. The highest BCUT2D eigenvalue weighted by Crippen LogP contribution is 2.35. The fourth-order valence-corrected chi connectivity index (χ4v) is 3.93. The lowest BCUT2D eigenvalue weighted by Crippen LogP contribution is -2.35. The summed E-state index contributed by atoms with van der Waals surface area (Å²) in [6, 6.07) is 19.1. The molecular formula is C25H19Cl2N3O4. The second-order valence-corrected chi connectivity index (χ2v) is 8.25. The molecule has 1 heterocycles. The maximum absolute atomic E-state index is 12.7. The molecule has 0 atom stereocenters. The molecular weight excluding hydrogens is 477 g/mol. The smallest absolute Gasteiger partial charge is 0.282 e. The van der Waals surface area contributed by atoms with E-state index < -0.39 is 11.8 Å². The van der Waals surface area contributed by atoms with Gasteiger partial charge >= 0.3 is 0 Å². The Balaban J connectivity index is 1.47. The molecule has 0 aromatic heterocycles. The van der Waals surface area contributed by atoms with E-state index in [9.17, 15) is 14.4 Å². The maximum atomic E-state index is 12.7. The highest BCUT2D eigenvalue weighted by Gasteiger charge is 2.34. The second kappa shape index (κ2) is 9.99. The third-order valence-corrected chi connectivity index (χ3v) is 5.57. The largest absolute Gasteiger partial charge is 0.481 e. The van der Waals surface area contributed by atoms with Gasteiger partial charge in [-0.2, -0.15) is 0 Å². The average molecular weight is 496 g/mol. The summed E-state index contributed by atoms with van der Waals surface area (Å²) in [4.78, 5) is 37.4. The Kier molecular flexibility index (Phi) is 6.86. The number of hydrazine groups is 1. The lowest BCUT2D eigenvalue weighted by Gasteiger charge is -2.14. The Morgan fingerprint density at radius 1 is 1.03 bits per heavy atom. The lowest BCUT2D eigenvalue weighted by molar-refractivity contribution is -0.118. The number of aryl methyl sites for hydroxylation is 1. The number of benzene rings is 3. The third-order valence-electron chi connectivity index (χ3n) is 5.00. The molecule has 3 amide bonds. The number of nitrogens with one attached hydrogen (secondary N) is 2. The van der Waals surface area contributed by atoms with Crippen LogP contribution < -0.4 is 20.5 Å². The van der Waals surface area contributed by atoms with Gasteiger partial charge in [0.2, 0.25) is 0 Å². The van der Waals surface area contributed by atoms with E-state index in [1.807, 2.05) is 31.2 Å². The van der Waals surface area contributed by atoms with E-state index in [1.165, 1.54) is 23.2 Å². The first kappa shape index (κ1) is 23.4. The van der Waals surface area contributed by atoms with Gasteiger partial charge in [0.05, 0.1) is 15.7 Å². The zero-order valence-corrected chi connectivity index (χ0v) is 19.5. The van der Waals surface area contributed by atoms with Crippen LogP contribution in [-0.2, 0) is 14.4 Å². The summed E-state index contributed by atoms with van der Waals surface area (Å²) in [5.74, 6) is -1.30. The van der Waals surface area contributed by atoms with Crippen LogP contribution in [0.25, 0.3) is 6.08 Å². The molecule has 3 aromatic rings. The molecule has 0 radical (unpaired) electrons. The standard InChI is InChI=1S/C25H19Cl2N3O4/c1-15-7-5-6-10-21(15)28-22(31)14-34-23-19(26)12-16(13-20(23)27)11-18-24(32)29-30(25(18)33)17-8-3-2-4-9-17/h2-13H,14H2,1H3,(H,28,31)(H,29,32). The number of amides is 3. The van der Waals surface area contributed by atoms with Crippen LogP contribution in [0.5, 0.6) is 5.75 Å². The zero-order valence-electron chi connectivity index (χ0n) is 18.0. The highest BCUT2D eigenvalue weighted by molar-refractivity contribution is 6.37. The number of hydrogen-bond acceptors (Lipinski definition) is 4. The molecule has 1 fully saturated rings. The highest BCUT2D eigenvalue weighted by atomic mass is 35.5. The fourth-order valence-electron chi connectivity index (χ4n) is 3.32. The van der Waals surface area contributed by atoms with E-state index in [-0.39, 0.29) is 33.9 Å². The first-order chi connectivity index (χ1) is 16.3. The van der Waals surface area contributed by atoms with Gasteiger partial charge in [0.1, 0.15) is 5.57 Å². The van der Waals surface area contributed by atoms with E-state index in [2.05, 4.69) is 10.7 Å². The molecule has 0 unspecified atom stereocenters. The van der Waals surface area contributed by atoms with E-state index in [4.69, 9.17) is 27.9 Å². The summed E-state index contributed by atoms with van der Waals surface area (Å²) in [7, 11) is 0. The van der Waals surface area contributed by atoms with Gasteiger partial charge in [0.15, 0.2) is 12.4 Å². The number of carbonyl (C=O) groups is 3. The van der Waals surface area contributed by atoms with E-state index in [0.717, 1.165) is 5.56 Å². The number of halogens is 2. The molecule has 1 saturated heterocycles. The Hall–Kier alpha value is -3.81. The maximum Gasteiger partial charge on any atom is 0.282 e. The Morgan fingerprint density at radius 2 is 1.68 bits per heavy atom. The first-order valence-corrected chi connectivity index (χ1v) is 11.0. The van der Waals surface area contributed by atoms with Crippen molar-refractivity contribution in [1.82, 2.24) is 5.43 Å². The van der Waals surface area contributed by atoms with E-state index in [1.54, 1.807) is 30.3 Å². The van der Waals surface area contributed by atoms with Gasteiger partial charge in [-0.15, -0.1) is 0 Å². The average Bonchev–Trinajstić information content (AvgIpc) is 3.09. The Morgan fingerprint density at radius 3 is 2.35 bits per heavy atom. The lowest BCUT2D eigenvalue weighted by atomic mass is 10.1. The van der Waals surface area contributed by atoms with E-state index >= 15 is 0 Å². The summed E-state index contributed by atoms with van der Waals surface area (Å²) in [6.07, 6.45) is 1.40. The van der Waals surface area contributed by atoms with Gasteiger partial charge in [-0.1, -0.05) is 59.6 Å². The minimum Gasteiger partial charge on any atom is -0.481 e. The Labute approximate surface area is 205 Å². The van der Waals surface area contributed by atoms with Crippen LogP contribution in [0, 0.1) is 6.92 Å². The van der Waals surface area contributed by atoms with Crippen molar-refractivity contribution in [1.29, 1.82) is 0 Å². The molecule has 0 aliphatic carbocycles. The van der Waals surface area contributed by atoms with E-state index in [0.29, 0.717) is 16.9 Å². The van der Waals surface area contributed by atoms with Crippen molar-refractivity contribution in [2.75, 3.05) is 16.9 Å². The molecule has 0 spiro atoms. The van der Waals surface area contributed by atoms with Crippen molar-refractivity contribution in [3.63, 3.8) is 0 Å². The molecule has 3 aromatic carbocycles. The monoisotopic (exact) mass is 495 g/mol. The van der Waals surface area contributed by atoms with Gasteiger partial charge in [-0.3, -0.25) is 19.8 Å². The van der Waals surface area contributed by atoms with Gasteiger partial charge in [-0.25, -0.2) is 5.01 Å². The van der Waals surface area contributed by atoms with Crippen LogP contribution in [0.3, 0.4) is 0 Å². The minimum atomic E-state index is -0.547. The summed E-state index contributed by atoms with van der Waals surface area (Å²) in [6.45, 7) is 1.58. The quantitative estimate of drug-likeness (QED) is 0.380. The topological polar surface area (TPSA) is 87.7 Å². The van der Waals surface area contributed by atoms with Crippen LogP contribution in [-0.4, -0.2) is 24.3 Å². The molecule has 4 rings (SSSR count). The number of hydrogen-bond donors (Lipinski definition) is 2. The fraction of sp³-hybridized carbons (Fsp3) is 0.0800. The molecule has 9 heteroatoms. The molecule has 7 nitrogen and oxygen atoms in total. The SMILES string of the molecule is Cc1ccccc1NC(=O)COc1c(Cl)cc(C=C2C(=O)NN(c3ccccc3)C2=O)cc1Cl. The summed E-state index contributed by atoms with van der Waals surface area (Å²) in [5, 5.41) is 4.20. The van der Waals surface area contributed by atoms with Gasteiger partial charge in [0.25, 0.3) is 17.7 Å². The van der Waals surface area contributed by atoms with Crippen molar-refractivity contribution >= 4 is 58.4 Å². The minimum absolute atomic E-state index is 0.0673. The van der Waals surface area contributed by atoms with Gasteiger partial charge in [-0.05, 0) is 54.5 Å². The molecule has 34 heavy (non-hydrogen) atoms. The van der Waals surface area contributed by atoms with Gasteiger partial charge < -0.3 is 10.1 Å². The molecule has 0 bridgehead atoms. The summed E-state index contributed by atoms with van der Waals surface area (Å²) in [5.41, 5.74) is 5.02. The van der Waals surface area contributed by atoms with Crippen LogP contribution in [0.15, 0.2) is 72.3 Å². The number of para-hydroxylation sites is 2. The predicted octanol–water partition coefficient (Wildman–Crippen LogP) is 4.78. The Bertz CT molecular complexity index is 1290. The van der Waals surface area contributed by atoms with Crippen molar-refractivity contribution in [3.05, 3.63) is 93.5 Å². The third kappa shape index (κ3) is 5.06. The first-order valence-electron chi connectivity index (χ1n) is 10.2. The number of anilines is 2. The summed E-state index contributed by atoms with van der Waals surface area (Å²) >= 11 is 12.6. The van der Waals surface area contributed by atoms with Gasteiger partial charge in [0, 0.05) is 5.69 Å². The van der Waals surface area contributed by atoms with Crippen LogP contribution in [0.1, 0.15) is 11.1 Å². The molecule has 172 valence electrons. The number of carbonyl (C=O) groups excluding carboxylic acids is 3. The molecule has 0 saturated carbocycles. The number of ether oxygens (including phenoxy) is 1. The summed E-state index contributed by atoms with van der Waals surface area (Å²) < 4.78 is 5.53. The predicted molar refractivity (Wildman–Crippen MR) is 132 cm³/mol. The van der Waals surface area contributed by atoms with Crippen molar-refractivity contribution in [3.8, 4) is 5.75 Å². The molecule has 1 aliphatic rings. The second-order valence-electron chi connectivity index (χ2n) is 7.44.